The van der Waals surface area contributed by atoms with Crippen LogP contribution in [0, 0.1) is 0 Å². The smallest absolute Gasteiger partial charge is 0.252 e. The van der Waals surface area contributed by atoms with E-state index in [0.29, 0.717) is 0 Å². The number of nitrogens with zero attached hydrogens (tertiary/aromatic N) is 2. The quantitative estimate of drug-likeness (QED) is 0.126. The number of fused-ring (bicyclic) bond motifs is 7. The van der Waals surface area contributed by atoms with Crippen LogP contribution in [-0.2, 0) is 27.1 Å². The van der Waals surface area contributed by atoms with E-state index in [-0.39, 0.29) is 28.4 Å². The summed E-state index contributed by atoms with van der Waals surface area (Å²) in [5.74, 6) is 0. The van der Waals surface area contributed by atoms with Crippen LogP contribution in [-0.4, -0.2) is 6.71 Å². The molecule has 0 fully saturated rings. The van der Waals surface area contributed by atoms with Crippen LogP contribution in [0.3, 0.4) is 0 Å². The topological polar surface area (TPSA) is 6.48 Å². The summed E-state index contributed by atoms with van der Waals surface area (Å²) in [4.78, 5) is 5.24. The lowest BCUT2D eigenvalue weighted by atomic mass is 9.33. The molecule has 104 heavy (non-hydrogen) atoms. The molecule has 0 amide bonds. The van der Waals surface area contributed by atoms with Crippen molar-refractivity contribution in [3.8, 4) is 77.9 Å². The maximum Gasteiger partial charge on any atom is 0.252 e. The second-order valence-corrected chi connectivity index (χ2v) is 33.4. The maximum absolute atomic E-state index is 2.62. The van der Waals surface area contributed by atoms with Crippen LogP contribution in [0.2, 0.25) is 0 Å². The zero-order chi connectivity index (χ0) is 71.6. The molecule has 0 aromatic heterocycles. The Morgan fingerprint density at radius 2 is 0.538 bits per heavy atom. The van der Waals surface area contributed by atoms with Gasteiger partial charge in [0.1, 0.15) is 0 Å². The molecular weight excluding hydrogens is 1250 g/mol. The Bertz CT molecular complexity index is 5250. The molecule has 0 unspecified atom stereocenters. The summed E-state index contributed by atoms with van der Waals surface area (Å²) in [6.45, 7) is 27.8. The van der Waals surface area contributed by atoms with Gasteiger partial charge < -0.3 is 9.80 Å². The Morgan fingerprint density at radius 3 is 0.913 bits per heavy atom. The van der Waals surface area contributed by atoms with Crippen LogP contribution in [0.5, 0.6) is 0 Å². The first-order valence-corrected chi connectivity index (χ1v) is 37.2. The summed E-state index contributed by atoms with van der Waals surface area (Å²) >= 11 is 0. The van der Waals surface area contributed by atoms with Crippen molar-refractivity contribution in [2.45, 2.75) is 110 Å². The van der Waals surface area contributed by atoms with Gasteiger partial charge in [0.15, 0.2) is 0 Å². The standard InChI is InChI=1S/C101H89BN2/c1-97(2,3)79-56-76(57-80(62-79)98(4,5)6)72-34-26-32-70(54-72)74-46-52-92-90(60-74)102-91-61-75(71-33-27-35-73(55-71)77-58-81(99(7,8)9)63-82(59-77)100(10,11)12)47-53-93(91)104(85-50-44-69(45-51-85)67-30-18-14-19-31-67)95-65-83(64-94(96(95)102)103(92)84-48-42-68(43-49-84)66-28-16-13-17-29-66)101(78-36-20-15-21-37-78)88-40-24-22-38-86(88)87-39-23-25-41-89(87)101/h13-65H,1-12H3. The second kappa shape index (κ2) is 25.0. The third kappa shape index (κ3) is 11.4. The highest BCUT2D eigenvalue weighted by atomic mass is 15.2. The van der Waals surface area contributed by atoms with E-state index in [9.17, 15) is 0 Å². The summed E-state index contributed by atoms with van der Waals surface area (Å²) in [6.07, 6.45) is 0. The Morgan fingerprint density at radius 1 is 0.231 bits per heavy atom. The lowest BCUT2D eigenvalue weighted by Gasteiger charge is -2.46. The third-order valence-electron chi connectivity index (χ3n) is 22.5. The van der Waals surface area contributed by atoms with Crippen molar-refractivity contribution < 1.29 is 0 Å². The molecule has 2 aliphatic heterocycles. The summed E-state index contributed by atoms with van der Waals surface area (Å²) in [6, 6.07) is 123. The first kappa shape index (κ1) is 66.0. The highest BCUT2D eigenvalue weighted by molar-refractivity contribution is 7.00. The molecule has 3 aliphatic rings. The summed E-state index contributed by atoms with van der Waals surface area (Å²) < 4.78 is 0. The molecule has 0 N–H and O–H groups in total. The van der Waals surface area contributed by atoms with Gasteiger partial charge in [0, 0.05) is 34.1 Å². The second-order valence-electron chi connectivity index (χ2n) is 33.4. The molecule has 0 saturated heterocycles. The minimum absolute atomic E-state index is 0.0294. The van der Waals surface area contributed by atoms with E-state index >= 15 is 0 Å². The van der Waals surface area contributed by atoms with Gasteiger partial charge in [-0.05, 0) is 221 Å². The highest BCUT2D eigenvalue weighted by Gasteiger charge is 2.50. The molecule has 0 saturated carbocycles. The molecule has 506 valence electrons. The normalized spacial score (nSPS) is 13.6. The lowest BCUT2D eigenvalue weighted by molar-refractivity contribution is 0.568. The van der Waals surface area contributed by atoms with E-state index in [1.54, 1.807) is 0 Å². The first-order valence-electron chi connectivity index (χ1n) is 37.2. The zero-order valence-corrected chi connectivity index (χ0v) is 62.1. The molecule has 17 rings (SSSR count). The van der Waals surface area contributed by atoms with Crippen molar-refractivity contribution in [3.63, 3.8) is 0 Å². The predicted molar refractivity (Wildman–Crippen MR) is 445 cm³/mol. The van der Waals surface area contributed by atoms with E-state index in [0.717, 1.165) is 34.1 Å². The fraction of sp³-hybridized carbons (Fsp3) is 0.168. The number of rotatable bonds is 10. The van der Waals surface area contributed by atoms with E-state index < -0.39 is 5.41 Å². The third-order valence-corrected chi connectivity index (χ3v) is 22.5. The SMILES string of the molecule is CC(C)(C)c1cc(-c2cccc(-c3ccc4c(c3)B3c5cc(-c6cccc(-c7cc(C(C)(C)C)cc(C(C)(C)C)c7)c6)ccc5N(c5ccc(-c6ccccc6)cc5)c5cc(C6(c7ccccc7)c7ccccc7-c7ccccc76)cc(c53)N4c3ccc(-c4ccccc4)cc3)c2)cc(C(C)(C)C)c1. The first-order chi connectivity index (χ1) is 50.1. The monoisotopic (exact) mass is 1340 g/mol. The Labute approximate surface area is 617 Å². The summed E-state index contributed by atoms with van der Waals surface area (Å²) in [7, 11) is 0. The fourth-order valence-electron chi connectivity index (χ4n) is 16.8. The van der Waals surface area contributed by atoms with Gasteiger partial charge in [0.25, 0.3) is 6.71 Å². The van der Waals surface area contributed by atoms with Crippen molar-refractivity contribution in [2.75, 3.05) is 9.80 Å². The van der Waals surface area contributed by atoms with Crippen molar-refractivity contribution in [3.05, 3.63) is 366 Å². The number of benzene rings is 14. The van der Waals surface area contributed by atoms with Crippen LogP contribution in [0.4, 0.5) is 34.1 Å². The number of anilines is 6. The molecule has 2 nitrogen and oxygen atoms in total. The van der Waals surface area contributed by atoms with Crippen LogP contribution < -0.4 is 26.2 Å². The molecule has 14 aromatic carbocycles. The predicted octanol–water partition coefficient (Wildman–Crippen LogP) is 25.3. The molecule has 14 aromatic rings. The van der Waals surface area contributed by atoms with Crippen LogP contribution in [0.1, 0.15) is 128 Å². The van der Waals surface area contributed by atoms with Gasteiger partial charge in [-0.1, -0.05) is 344 Å². The zero-order valence-electron chi connectivity index (χ0n) is 62.1. The fourth-order valence-corrected chi connectivity index (χ4v) is 16.8. The van der Waals surface area contributed by atoms with Gasteiger partial charge in [-0.25, -0.2) is 0 Å². The molecule has 3 heteroatoms. The Balaban J connectivity index is 0.962. The molecule has 0 radical (unpaired) electrons. The molecule has 0 bridgehead atoms. The van der Waals surface area contributed by atoms with Gasteiger partial charge >= 0.3 is 0 Å². The van der Waals surface area contributed by atoms with Crippen molar-refractivity contribution >= 4 is 57.2 Å². The lowest BCUT2D eigenvalue weighted by Crippen LogP contribution is -2.61. The maximum atomic E-state index is 2.62. The van der Waals surface area contributed by atoms with Gasteiger partial charge in [0.05, 0.1) is 5.41 Å². The van der Waals surface area contributed by atoms with E-state index in [2.05, 4.69) is 414 Å². The summed E-state index contributed by atoms with van der Waals surface area (Å²) in [5, 5.41) is 0. The van der Waals surface area contributed by atoms with E-state index in [1.807, 2.05) is 0 Å². The number of hydrogen-bond donors (Lipinski definition) is 0. The average Bonchev–Trinajstić information content (AvgIpc) is 1.19. The van der Waals surface area contributed by atoms with Gasteiger partial charge in [-0.3, -0.25) is 0 Å². The molecule has 0 atom stereocenters. The minimum atomic E-state index is -0.717. The molecular formula is C101H89BN2. The average molecular weight is 1340 g/mol. The minimum Gasteiger partial charge on any atom is -0.311 e. The molecule has 2 heterocycles. The van der Waals surface area contributed by atoms with Crippen LogP contribution >= 0.6 is 0 Å². The van der Waals surface area contributed by atoms with Crippen LogP contribution in [0.15, 0.2) is 322 Å². The van der Waals surface area contributed by atoms with E-state index in [1.165, 1.54) is 139 Å². The van der Waals surface area contributed by atoms with Crippen molar-refractivity contribution in [2.24, 2.45) is 0 Å². The van der Waals surface area contributed by atoms with Gasteiger partial charge in [-0.2, -0.15) is 0 Å². The molecule has 0 spiro atoms. The number of hydrogen-bond acceptors (Lipinski definition) is 2. The summed E-state index contributed by atoms with van der Waals surface area (Å²) in [5.41, 5.74) is 36.9. The Hall–Kier alpha value is -11.3. The molecule has 1 aliphatic carbocycles. The van der Waals surface area contributed by atoms with Gasteiger partial charge in [-0.15, -0.1) is 0 Å². The highest BCUT2D eigenvalue weighted by Crippen LogP contribution is 2.58. The van der Waals surface area contributed by atoms with Gasteiger partial charge in [0.2, 0.25) is 0 Å². The van der Waals surface area contributed by atoms with E-state index in [4.69, 9.17) is 0 Å². The Kier molecular flexibility index (Phi) is 15.9. The largest absolute Gasteiger partial charge is 0.311 e. The van der Waals surface area contributed by atoms with Crippen molar-refractivity contribution in [1.82, 2.24) is 0 Å². The van der Waals surface area contributed by atoms with Crippen molar-refractivity contribution in [1.29, 1.82) is 0 Å². The van der Waals surface area contributed by atoms with Crippen LogP contribution in [0.25, 0.3) is 77.9 Å².